The van der Waals surface area contributed by atoms with Crippen LogP contribution in [-0.4, -0.2) is 27.2 Å². The van der Waals surface area contributed by atoms with Crippen molar-refractivity contribution in [1.29, 1.82) is 0 Å². The molecule has 0 N–H and O–H groups in total. The molecule has 0 bridgehead atoms. The minimum Gasteiger partial charge on any atom is -0.462 e. The molecule has 1 rings (SSSR count). The van der Waals surface area contributed by atoms with Gasteiger partial charge in [-0.05, 0) is 25.1 Å². The molecule has 88 valence electrons. The van der Waals surface area contributed by atoms with Gasteiger partial charge in [0.25, 0.3) is 0 Å². The molecule has 0 heterocycles. The molecular weight excluding hydrogens is 252 g/mol. The third-order valence-corrected chi connectivity index (χ3v) is 3.21. The Labute approximate surface area is 99.1 Å². The van der Waals surface area contributed by atoms with Gasteiger partial charge >= 0.3 is 5.97 Å². The molecule has 0 fully saturated rings. The summed E-state index contributed by atoms with van der Waals surface area (Å²) in [5, 5.41) is 0.258. The van der Waals surface area contributed by atoms with Crippen LogP contribution in [0.4, 0.5) is 0 Å². The van der Waals surface area contributed by atoms with E-state index in [2.05, 4.69) is 0 Å². The molecule has 0 aliphatic carbocycles. The van der Waals surface area contributed by atoms with E-state index in [0.717, 1.165) is 6.26 Å². The Morgan fingerprint density at radius 1 is 1.44 bits per heavy atom. The highest BCUT2D eigenvalue weighted by Crippen LogP contribution is 2.21. The number of carbonyl (C=O) groups is 1. The van der Waals surface area contributed by atoms with Gasteiger partial charge in [0.2, 0.25) is 0 Å². The molecule has 0 saturated heterocycles. The molecule has 6 heteroatoms. The van der Waals surface area contributed by atoms with E-state index in [4.69, 9.17) is 16.3 Å². The minimum absolute atomic E-state index is 0.00810. The van der Waals surface area contributed by atoms with Crippen LogP contribution in [0.25, 0.3) is 0 Å². The van der Waals surface area contributed by atoms with Crippen LogP contribution in [0, 0.1) is 0 Å². The Morgan fingerprint density at radius 2 is 2.06 bits per heavy atom. The third-order valence-electron chi connectivity index (χ3n) is 1.84. The zero-order valence-corrected chi connectivity index (χ0v) is 10.4. The van der Waals surface area contributed by atoms with Crippen molar-refractivity contribution in [3.8, 4) is 0 Å². The summed E-state index contributed by atoms with van der Waals surface area (Å²) in [6.07, 6.45) is 1.02. The lowest BCUT2D eigenvalue weighted by Gasteiger charge is -2.07. The third kappa shape index (κ3) is 2.96. The second kappa shape index (κ2) is 4.84. The SMILES string of the molecule is CCOC(=O)c1ccc(Cl)cc1S(C)(=O)=O. The molecule has 0 amide bonds. The molecule has 0 atom stereocenters. The highest BCUT2D eigenvalue weighted by molar-refractivity contribution is 7.90. The number of hydrogen-bond acceptors (Lipinski definition) is 4. The van der Waals surface area contributed by atoms with Crippen molar-refractivity contribution < 1.29 is 17.9 Å². The maximum atomic E-state index is 11.5. The summed E-state index contributed by atoms with van der Waals surface area (Å²) in [6.45, 7) is 1.83. The van der Waals surface area contributed by atoms with E-state index in [-0.39, 0.29) is 22.1 Å². The molecule has 0 unspecified atom stereocenters. The second-order valence-electron chi connectivity index (χ2n) is 3.13. The first-order valence-electron chi connectivity index (χ1n) is 4.53. The van der Waals surface area contributed by atoms with E-state index in [0.29, 0.717) is 0 Å². The molecule has 16 heavy (non-hydrogen) atoms. The van der Waals surface area contributed by atoms with Gasteiger partial charge in [-0.25, -0.2) is 13.2 Å². The first-order chi connectivity index (χ1) is 7.36. The van der Waals surface area contributed by atoms with Gasteiger partial charge in [0.1, 0.15) is 0 Å². The topological polar surface area (TPSA) is 60.4 Å². The fraction of sp³-hybridized carbons (Fsp3) is 0.300. The molecule has 1 aromatic rings. The largest absolute Gasteiger partial charge is 0.462 e. The first-order valence-corrected chi connectivity index (χ1v) is 6.80. The monoisotopic (exact) mass is 262 g/mol. The standard InChI is InChI=1S/C10H11ClO4S/c1-3-15-10(12)8-5-4-7(11)6-9(8)16(2,13)14/h4-6H,3H2,1-2H3. The van der Waals surface area contributed by atoms with Crippen LogP contribution in [0.15, 0.2) is 23.1 Å². The van der Waals surface area contributed by atoms with E-state index >= 15 is 0 Å². The average Bonchev–Trinajstić information content (AvgIpc) is 2.16. The van der Waals surface area contributed by atoms with Gasteiger partial charge in [-0.15, -0.1) is 0 Å². The van der Waals surface area contributed by atoms with Crippen molar-refractivity contribution >= 4 is 27.4 Å². The number of rotatable bonds is 3. The van der Waals surface area contributed by atoms with Crippen LogP contribution in [0.3, 0.4) is 0 Å². The fourth-order valence-electron chi connectivity index (χ4n) is 1.18. The fourth-order valence-corrected chi connectivity index (χ4v) is 2.31. The quantitative estimate of drug-likeness (QED) is 0.781. The van der Waals surface area contributed by atoms with E-state index in [1.165, 1.54) is 18.2 Å². The highest BCUT2D eigenvalue weighted by Gasteiger charge is 2.19. The van der Waals surface area contributed by atoms with Crippen LogP contribution in [-0.2, 0) is 14.6 Å². The van der Waals surface area contributed by atoms with Gasteiger partial charge in [-0.1, -0.05) is 11.6 Å². The lowest BCUT2D eigenvalue weighted by atomic mass is 10.2. The number of halogens is 1. The van der Waals surface area contributed by atoms with E-state index in [1.807, 2.05) is 0 Å². The predicted octanol–water partition coefficient (Wildman–Crippen LogP) is 1.92. The van der Waals surface area contributed by atoms with Crippen LogP contribution in [0.1, 0.15) is 17.3 Å². The molecular formula is C10H11ClO4S. The van der Waals surface area contributed by atoms with Gasteiger partial charge in [0, 0.05) is 11.3 Å². The molecule has 4 nitrogen and oxygen atoms in total. The Hall–Kier alpha value is -1.07. The summed E-state index contributed by atoms with van der Waals surface area (Å²) in [5.74, 6) is -0.667. The van der Waals surface area contributed by atoms with Gasteiger partial charge in [-0.3, -0.25) is 0 Å². The van der Waals surface area contributed by atoms with Gasteiger partial charge in [0.15, 0.2) is 9.84 Å². The Kier molecular flexibility index (Phi) is 3.93. The zero-order chi connectivity index (χ0) is 12.3. The summed E-state index contributed by atoms with van der Waals surface area (Å²) in [6, 6.07) is 4.03. The average molecular weight is 263 g/mol. The van der Waals surface area contributed by atoms with Crippen molar-refractivity contribution in [2.45, 2.75) is 11.8 Å². The van der Waals surface area contributed by atoms with E-state index in [9.17, 15) is 13.2 Å². The Morgan fingerprint density at radius 3 is 2.56 bits per heavy atom. The Bertz CT molecular complexity index is 508. The number of carbonyl (C=O) groups excluding carboxylic acids is 1. The number of benzene rings is 1. The molecule has 0 saturated carbocycles. The minimum atomic E-state index is -3.50. The number of hydrogen-bond donors (Lipinski definition) is 0. The number of esters is 1. The summed E-state index contributed by atoms with van der Waals surface area (Å²) in [7, 11) is -3.50. The molecule has 1 aromatic carbocycles. The summed E-state index contributed by atoms with van der Waals surface area (Å²) >= 11 is 5.69. The zero-order valence-electron chi connectivity index (χ0n) is 8.86. The maximum Gasteiger partial charge on any atom is 0.339 e. The smallest absolute Gasteiger partial charge is 0.339 e. The first kappa shape index (κ1) is 13.0. The molecule has 0 spiro atoms. The molecule has 0 aliphatic rings. The second-order valence-corrected chi connectivity index (χ2v) is 5.55. The normalized spacial score (nSPS) is 11.2. The van der Waals surface area contributed by atoms with Crippen LogP contribution in [0.5, 0.6) is 0 Å². The van der Waals surface area contributed by atoms with Crippen molar-refractivity contribution in [2.75, 3.05) is 12.9 Å². The summed E-state index contributed by atoms with van der Waals surface area (Å²) in [5.41, 5.74) is 0.00810. The van der Waals surface area contributed by atoms with Crippen LogP contribution < -0.4 is 0 Å². The van der Waals surface area contributed by atoms with Crippen molar-refractivity contribution in [2.24, 2.45) is 0 Å². The van der Waals surface area contributed by atoms with Crippen LogP contribution >= 0.6 is 11.6 Å². The van der Waals surface area contributed by atoms with Gasteiger partial charge in [0.05, 0.1) is 17.1 Å². The number of sulfone groups is 1. The molecule has 0 radical (unpaired) electrons. The predicted molar refractivity (Wildman–Crippen MR) is 60.5 cm³/mol. The van der Waals surface area contributed by atoms with Gasteiger partial charge in [-0.2, -0.15) is 0 Å². The van der Waals surface area contributed by atoms with Crippen molar-refractivity contribution in [3.63, 3.8) is 0 Å². The lowest BCUT2D eigenvalue weighted by Crippen LogP contribution is -2.11. The summed E-state index contributed by atoms with van der Waals surface area (Å²) in [4.78, 5) is 11.4. The van der Waals surface area contributed by atoms with Crippen molar-refractivity contribution in [3.05, 3.63) is 28.8 Å². The van der Waals surface area contributed by atoms with Crippen molar-refractivity contribution in [1.82, 2.24) is 0 Å². The van der Waals surface area contributed by atoms with Crippen LogP contribution in [0.2, 0.25) is 5.02 Å². The summed E-state index contributed by atoms with van der Waals surface area (Å²) < 4.78 is 27.7. The Balaban J connectivity index is 3.35. The number of ether oxygens (including phenoxy) is 1. The highest BCUT2D eigenvalue weighted by atomic mass is 35.5. The van der Waals surface area contributed by atoms with Gasteiger partial charge < -0.3 is 4.74 Å². The molecule has 0 aliphatic heterocycles. The molecule has 0 aromatic heterocycles. The lowest BCUT2D eigenvalue weighted by molar-refractivity contribution is 0.0522. The van der Waals surface area contributed by atoms with E-state index in [1.54, 1.807) is 6.92 Å². The maximum absolute atomic E-state index is 11.5. The van der Waals surface area contributed by atoms with E-state index < -0.39 is 15.8 Å².